The number of nitrogens with zero attached hydrogens (tertiary/aromatic N) is 3. The second-order valence-electron chi connectivity index (χ2n) is 6.72. The van der Waals surface area contributed by atoms with Gasteiger partial charge < -0.3 is 14.8 Å². The number of benzene rings is 1. The maximum absolute atomic E-state index is 12.5. The first-order chi connectivity index (χ1) is 14.1. The molecule has 0 aliphatic rings. The highest BCUT2D eigenvalue weighted by Gasteiger charge is 2.32. The highest BCUT2D eigenvalue weighted by molar-refractivity contribution is 5.92. The fraction of sp³-hybridized carbons (Fsp3) is 0.350. The zero-order chi connectivity index (χ0) is 22.1. The molecule has 0 bridgehead atoms. The van der Waals surface area contributed by atoms with Gasteiger partial charge >= 0.3 is 6.36 Å². The van der Waals surface area contributed by atoms with E-state index in [1.54, 1.807) is 11.7 Å². The SMILES string of the molecule is COc1nn(C)c2nc(C)c(CCC(=O)Nc3ccccc3OC(F)(F)F)c(C)c12. The lowest BCUT2D eigenvalue weighted by atomic mass is 10.00. The average molecular weight is 422 g/mol. The molecule has 2 heterocycles. The summed E-state index contributed by atoms with van der Waals surface area (Å²) in [7, 11) is 3.29. The molecule has 1 amide bonds. The molecular formula is C20H21F3N4O3. The number of carbonyl (C=O) groups is 1. The molecule has 0 fully saturated rings. The first kappa shape index (κ1) is 21.4. The molecule has 10 heteroatoms. The molecule has 0 atom stereocenters. The van der Waals surface area contributed by atoms with Crippen LogP contribution in [-0.2, 0) is 18.3 Å². The van der Waals surface area contributed by atoms with Crippen LogP contribution in [0.2, 0.25) is 0 Å². The van der Waals surface area contributed by atoms with Crippen LogP contribution in [0.25, 0.3) is 11.0 Å². The Morgan fingerprint density at radius 2 is 1.93 bits per heavy atom. The lowest BCUT2D eigenvalue weighted by Crippen LogP contribution is -2.19. The normalized spacial score (nSPS) is 11.6. The molecule has 0 spiro atoms. The number of methoxy groups -OCH3 is 1. The van der Waals surface area contributed by atoms with E-state index >= 15 is 0 Å². The van der Waals surface area contributed by atoms with Gasteiger partial charge in [-0.1, -0.05) is 12.1 Å². The van der Waals surface area contributed by atoms with Crippen molar-refractivity contribution >= 4 is 22.6 Å². The van der Waals surface area contributed by atoms with Gasteiger partial charge in [0.15, 0.2) is 11.4 Å². The molecule has 0 radical (unpaired) electrons. The Morgan fingerprint density at radius 1 is 1.23 bits per heavy atom. The van der Waals surface area contributed by atoms with E-state index in [1.165, 1.54) is 25.3 Å². The van der Waals surface area contributed by atoms with E-state index in [-0.39, 0.29) is 12.1 Å². The number of rotatable bonds is 6. The monoisotopic (exact) mass is 422 g/mol. The summed E-state index contributed by atoms with van der Waals surface area (Å²) < 4.78 is 48.6. The van der Waals surface area contributed by atoms with Gasteiger partial charge in [0.05, 0.1) is 18.2 Å². The Bertz CT molecular complexity index is 1090. The second kappa shape index (κ2) is 8.21. The first-order valence-electron chi connectivity index (χ1n) is 9.12. The van der Waals surface area contributed by atoms with Crippen LogP contribution in [0.15, 0.2) is 24.3 Å². The largest absolute Gasteiger partial charge is 0.573 e. The van der Waals surface area contributed by atoms with Crippen LogP contribution in [0.1, 0.15) is 23.2 Å². The third-order valence-corrected chi connectivity index (χ3v) is 4.71. The molecule has 7 nitrogen and oxygen atoms in total. The Balaban J connectivity index is 1.78. The van der Waals surface area contributed by atoms with Crippen LogP contribution in [-0.4, -0.2) is 34.1 Å². The van der Waals surface area contributed by atoms with Crippen molar-refractivity contribution in [2.45, 2.75) is 33.1 Å². The number of para-hydroxylation sites is 2. The minimum absolute atomic E-state index is 0.0456. The maximum Gasteiger partial charge on any atom is 0.573 e. The third-order valence-electron chi connectivity index (χ3n) is 4.71. The minimum Gasteiger partial charge on any atom is -0.479 e. The van der Waals surface area contributed by atoms with Crippen molar-refractivity contribution < 1.29 is 27.4 Å². The van der Waals surface area contributed by atoms with Gasteiger partial charge in [-0.3, -0.25) is 4.79 Å². The second-order valence-corrected chi connectivity index (χ2v) is 6.72. The number of hydrogen-bond acceptors (Lipinski definition) is 5. The highest BCUT2D eigenvalue weighted by atomic mass is 19.4. The van der Waals surface area contributed by atoms with E-state index in [0.29, 0.717) is 17.9 Å². The number of anilines is 1. The highest BCUT2D eigenvalue weighted by Crippen LogP contribution is 2.32. The summed E-state index contributed by atoms with van der Waals surface area (Å²) in [5, 5.41) is 7.54. The minimum atomic E-state index is -4.85. The molecule has 2 aromatic heterocycles. The first-order valence-corrected chi connectivity index (χ1v) is 9.12. The number of aryl methyl sites for hydroxylation is 3. The summed E-state index contributed by atoms with van der Waals surface area (Å²) in [5.74, 6) is -0.458. The van der Waals surface area contributed by atoms with Crippen molar-refractivity contribution in [2.75, 3.05) is 12.4 Å². The van der Waals surface area contributed by atoms with Crippen LogP contribution in [0.5, 0.6) is 11.6 Å². The number of carbonyl (C=O) groups excluding carboxylic acids is 1. The van der Waals surface area contributed by atoms with Crippen LogP contribution >= 0.6 is 0 Å². The van der Waals surface area contributed by atoms with Crippen LogP contribution in [0, 0.1) is 13.8 Å². The van der Waals surface area contributed by atoms with Crippen LogP contribution in [0.4, 0.5) is 18.9 Å². The number of ether oxygens (including phenoxy) is 2. The predicted octanol–water partition coefficient (Wildman–Crippen LogP) is 4.06. The van der Waals surface area contributed by atoms with Gasteiger partial charge in [-0.25, -0.2) is 9.67 Å². The average Bonchev–Trinajstić information content (AvgIpc) is 2.98. The molecule has 0 unspecified atom stereocenters. The number of hydrogen-bond donors (Lipinski definition) is 1. The van der Waals surface area contributed by atoms with Crippen molar-refractivity contribution in [1.82, 2.24) is 14.8 Å². The molecule has 0 aliphatic heterocycles. The molecular weight excluding hydrogens is 401 g/mol. The Morgan fingerprint density at radius 3 is 2.60 bits per heavy atom. The Kier molecular flexibility index (Phi) is 5.86. The van der Waals surface area contributed by atoms with Gasteiger partial charge in [0, 0.05) is 19.2 Å². The topological polar surface area (TPSA) is 78.3 Å². The number of nitrogens with one attached hydrogen (secondary N) is 1. The number of pyridine rings is 1. The summed E-state index contributed by atoms with van der Waals surface area (Å²) >= 11 is 0. The number of halogens is 3. The van der Waals surface area contributed by atoms with Crippen molar-refractivity contribution in [2.24, 2.45) is 7.05 Å². The van der Waals surface area contributed by atoms with E-state index in [2.05, 4.69) is 20.1 Å². The van der Waals surface area contributed by atoms with Gasteiger partial charge in [0.1, 0.15) is 0 Å². The van der Waals surface area contributed by atoms with Gasteiger partial charge in [0.25, 0.3) is 0 Å². The van der Waals surface area contributed by atoms with Gasteiger partial charge in [-0.05, 0) is 43.5 Å². The van der Waals surface area contributed by atoms with E-state index in [4.69, 9.17) is 4.74 Å². The summed E-state index contributed by atoms with van der Waals surface area (Å²) in [4.78, 5) is 17.0. The molecule has 3 aromatic rings. The van der Waals surface area contributed by atoms with Gasteiger partial charge in [0.2, 0.25) is 11.8 Å². The van der Waals surface area contributed by atoms with E-state index in [9.17, 15) is 18.0 Å². The van der Waals surface area contributed by atoms with E-state index < -0.39 is 18.0 Å². The third kappa shape index (κ3) is 4.47. The van der Waals surface area contributed by atoms with E-state index in [1.807, 2.05) is 13.8 Å². The zero-order valence-corrected chi connectivity index (χ0v) is 16.9. The number of alkyl halides is 3. The standard InChI is InChI=1S/C20H21F3N4O3/c1-11-13(12(2)24-18-17(11)19(29-4)26-27(18)3)9-10-16(28)25-14-7-5-6-8-15(14)30-20(21,22)23/h5-8H,9-10H2,1-4H3,(H,25,28). The fourth-order valence-corrected chi connectivity index (χ4v) is 3.34. The fourth-order valence-electron chi connectivity index (χ4n) is 3.34. The van der Waals surface area contributed by atoms with Crippen LogP contribution in [0.3, 0.4) is 0 Å². The number of fused-ring (bicyclic) bond motifs is 1. The summed E-state index contributed by atoms with van der Waals surface area (Å²) in [6.07, 6.45) is -4.44. The Labute approximate surface area is 170 Å². The molecule has 0 saturated carbocycles. The zero-order valence-electron chi connectivity index (χ0n) is 16.9. The number of amides is 1. The molecule has 1 aromatic carbocycles. The van der Waals surface area contributed by atoms with Crippen molar-refractivity contribution in [1.29, 1.82) is 0 Å². The summed E-state index contributed by atoms with van der Waals surface area (Å²) in [6, 6.07) is 5.40. The lowest BCUT2D eigenvalue weighted by Gasteiger charge is -2.14. The summed E-state index contributed by atoms with van der Waals surface area (Å²) in [6.45, 7) is 3.74. The van der Waals surface area contributed by atoms with E-state index in [0.717, 1.165) is 28.3 Å². The van der Waals surface area contributed by atoms with Crippen molar-refractivity contribution in [3.05, 3.63) is 41.1 Å². The molecule has 0 saturated heterocycles. The molecule has 3 rings (SSSR count). The van der Waals surface area contributed by atoms with Gasteiger partial charge in [-0.15, -0.1) is 18.3 Å². The lowest BCUT2D eigenvalue weighted by molar-refractivity contribution is -0.274. The summed E-state index contributed by atoms with van der Waals surface area (Å²) in [5.41, 5.74) is 3.14. The Hall–Kier alpha value is -3.30. The smallest absolute Gasteiger partial charge is 0.479 e. The predicted molar refractivity (Wildman–Crippen MR) is 105 cm³/mol. The van der Waals surface area contributed by atoms with Gasteiger partial charge in [-0.2, -0.15) is 0 Å². The maximum atomic E-state index is 12.5. The molecule has 0 aliphatic carbocycles. The molecule has 30 heavy (non-hydrogen) atoms. The van der Waals surface area contributed by atoms with Crippen molar-refractivity contribution in [3.63, 3.8) is 0 Å². The number of aromatic nitrogens is 3. The van der Waals surface area contributed by atoms with Crippen molar-refractivity contribution in [3.8, 4) is 11.6 Å². The quantitative estimate of drug-likeness (QED) is 0.648. The molecule has 1 N–H and O–H groups in total. The van der Waals surface area contributed by atoms with Crippen LogP contribution < -0.4 is 14.8 Å². The molecule has 160 valence electrons.